The summed E-state index contributed by atoms with van der Waals surface area (Å²) in [5, 5.41) is 6.03. The van der Waals surface area contributed by atoms with Gasteiger partial charge in [0.1, 0.15) is 5.75 Å². The van der Waals surface area contributed by atoms with Crippen molar-refractivity contribution in [1.29, 1.82) is 0 Å². The maximum absolute atomic E-state index is 12.2. The number of aromatic nitrogens is 2. The van der Waals surface area contributed by atoms with Crippen LogP contribution in [0.4, 0.5) is 11.6 Å². The van der Waals surface area contributed by atoms with E-state index in [4.69, 9.17) is 4.74 Å². The van der Waals surface area contributed by atoms with Gasteiger partial charge >= 0.3 is 0 Å². The van der Waals surface area contributed by atoms with Crippen LogP contribution in [-0.4, -0.2) is 29.5 Å². The Morgan fingerprint density at radius 2 is 1.82 bits per heavy atom. The number of hydrogen-bond acceptors (Lipinski definition) is 5. The van der Waals surface area contributed by atoms with Crippen LogP contribution in [-0.2, 0) is 6.42 Å². The highest BCUT2D eigenvalue weighted by molar-refractivity contribution is 5.93. The van der Waals surface area contributed by atoms with E-state index in [9.17, 15) is 4.79 Å². The fraction of sp³-hybridized carbons (Fsp3) is 0.227. The average molecular weight is 376 g/mol. The Morgan fingerprint density at radius 1 is 1.07 bits per heavy atom. The van der Waals surface area contributed by atoms with Crippen molar-refractivity contribution < 1.29 is 9.53 Å². The molecule has 6 nitrogen and oxygen atoms in total. The number of nitrogens with zero attached hydrogens (tertiary/aromatic N) is 2. The molecular formula is C22H24N4O2. The van der Waals surface area contributed by atoms with Gasteiger partial charge < -0.3 is 15.4 Å². The summed E-state index contributed by atoms with van der Waals surface area (Å²) in [7, 11) is 1.61. The van der Waals surface area contributed by atoms with Gasteiger partial charge in [0.15, 0.2) is 0 Å². The molecule has 28 heavy (non-hydrogen) atoms. The van der Waals surface area contributed by atoms with Gasteiger partial charge in [0.25, 0.3) is 5.91 Å². The Morgan fingerprint density at radius 3 is 2.54 bits per heavy atom. The quantitative estimate of drug-likeness (QED) is 0.583. The standard InChI is InChI=1S/C22H24N4O2/c1-16-10-11-20(28-2)19(13-16)26-22-24-14-18(15-25-22)21(27)23-12-6-9-17-7-4-3-5-8-17/h3-5,7-8,10-11,13-15H,6,9,12H2,1-2H3,(H,23,27)(H,24,25,26). The summed E-state index contributed by atoms with van der Waals surface area (Å²) in [5.74, 6) is 0.937. The first-order valence-electron chi connectivity index (χ1n) is 9.21. The SMILES string of the molecule is COc1ccc(C)cc1Nc1ncc(C(=O)NCCCc2ccccc2)cn1. The minimum absolute atomic E-state index is 0.173. The van der Waals surface area contributed by atoms with Crippen LogP contribution in [0.15, 0.2) is 60.9 Å². The lowest BCUT2D eigenvalue weighted by molar-refractivity contribution is 0.0952. The average Bonchev–Trinajstić information content (AvgIpc) is 2.72. The number of hydrogen-bond donors (Lipinski definition) is 2. The Balaban J connectivity index is 1.52. The molecule has 2 N–H and O–H groups in total. The summed E-state index contributed by atoms with van der Waals surface area (Å²) in [5.41, 5.74) is 3.57. The molecule has 0 radical (unpaired) electrons. The highest BCUT2D eigenvalue weighted by atomic mass is 16.5. The van der Waals surface area contributed by atoms with E-state index >= 15 is 0 Å². The molecule has 2 aromatic carbocycles. The van der Waals surface area contributed by atoms with Gasteiger partial charge in [-0.05, 0) is 43.0 Å². The van der Waals surface area contributed by atoms with E-state index in [1.54, 1.807) is 7.11 Å². The molecule has 3 aromatic rings. The first-order valence-corrected chi connectivity index (χ1v) is 9.21. The third kappa shape index (κ3) is 5.30. The maximum Gasteiger partial charge on any atom is 0.254 e. The third-order valence-electron chi connectivity index (χ3n) is 4.29. The minimum Gasteiger partial charge on any atom is -0.495 e. The first-order chi connectivity index (χ1) is 13.7. The Hall–Kier alpha value is -3.41. The summed E-state index contributed by atoms with van der Waals surface area (Å²) in [6, 6.07) is 16.0. The van der Waals surface area contributed by atoms with Crippen molar-refractivity contribution >= 4 is 17.5 Å². The normalized spacial score (nSPS) is 10.4. The lowest BCUT2D eigenvalue weighted by Gasteiger charge is -2.11. The number of aryl methyl sites for hydroxylation is 2. The molecule has 0 spiro atoms. The molecule has 0 fully saturated rings. The van der Waals surface area contributed by atoms with Crippen molar-refractivity contribution in [1.82, 2.24) is 15.3 Å². The van der Waals surface area contributed by atoms with Crippen LogP contribution < -0.4 is 15.4 Å². The summed E-state index contributed by atoms with van der Waals surface area (Å²) in [4.78, 5) is 20.7. The number of amides is 1. The van der Waals surface area contributed by atoms with E-state index < -0.39 is 0 Å². The number of methoxy groups -OCH3 is 1. The van der Waals surface area contributed by atoms with Crippen LogP contribution >= 0.6 is 0 Å². The van der Waals surface area contributed by atoms with Crippen molar-refractivity contribution in [3.63, 3.8) is 0 Å². The zero-order chi connectivity index (χ0) is 19.8. The fourth-order valence-corrected chi connectivity index (χ4v) is 2.79. The smallest absolute Gasteiger partial charge is 0.254 e. The van der Waals surface area contributed by atoms with E-state index in [0.717, 1.165) is 24.1 Å². The first kappa shape index (κ1) is 19.4. The minimum atomic E-state index is -0.173. The molecule has 1 amide bonds. The van der Waals surface area contributed by atoms with Gasteiger partial charge in [-0.15, -0.1) is 0 Å². The van der Waals surface area contributed by atoms with Gasteiger partial charge in [-0.2, -0.15) is 0 Å². The summed E-state index contributed by atoms with van der Waals surface area (Å²) >= 11 is 0. The van der Waals surface area contributed by atoms with E-state index in [1.165, 1.54) is 18.0 Å². The largest absolute Gasteiger partial charge is 0.495 e. The number of carbonyl (C=O) groups is 1. The second kappa shape index (κ2) is 9.50. The molecule has 0 aliphatic carbocycles. The molecule has 0 saturated heterocycles. The summed E-state index contributed by atoms with van der Waals surface area (Å²) < 4.78 is 5.34. The van der Waals surface area contributed by atoms with Crippen molar-refractivity contribution in [3.05, 3.63) is 77.6 Å². The van der Waals surface area contributed by atoms with Crippen LogP contribution in [0.5, 0.6) is 5.75 Å². The maximum atomic E-state index is 12.2. The Labute approximate surface area is 165 Å². The highest BCUT2D eigenvalue weighted by Gasteiger charge is 2.09. The number of rotatable bonds is 8. The molecule has 6 heteroatoms. The van der Waals surface area contributed by atoms with Gasteiger partial charge in [-0.1, -0.05) is 36.4 Å². The predicted molar refractivity (Wildman–Crippen MR) is 110 cm³/mol. The van der Waals surface area contributed by atoms with Crippen molar-refractivity contribution in [2.24, 2.45) is 0 Å². The second-order valence-corrected chi connectivity index (χ2v) is 6.47. The third-order valence-corrected chi connectivity index (χ3v) is 4.29. The van der Waals surface area contributed by atoms with E-state index in [-0.39, 0.29) is 5.91 Å². The molecular weight excluding hydrogens is 352 g/mol. The van der Waals surface area contributed by atoms with Gasteiger partial charge in [0, 0.05) is 18.9 Å². The zero-order valence-corrected chi connectivity index (χ0v) is 16.1. The number of ether oxygens (including phenoxy) is 1. The number of carbonyl (C=O) groups excluding carboxylic acids is 1. The molecule has 0 aliphatic rings. The molecule has 0 bridgehead atoms. The van der Waals surface area contributed by atoms with E-state index in [1.807, 2.05) is 43.3 Å². The Bertz CT molecular complexity index is 912. The van der Waals surface area contributed by atoms with Crippen molar-refractivity contribution in [2.45, 2.75) is 19.8 Å². The molecule has 3 rings (SSSR count). The monoisotopic (exact) mass is 376 g/mol. The van der Waals surface area contributed by atoms with Crippen LogP contribution in [0.25, 0.3) is 0 Å². The molecule has 144 valence electrons. The molecule has 0 unspecified atom stereocenters. The number of benzene rings is 2. The van der Waals surface area contributed by atoms with Crippen LogP contribution in [0, 0.1) is 6.92 Å². The number of nitrogens with one attached hydrogen (secondary N) is 2. The Kier molecular flexibility index (Phi) is 6.57. The van der Waals surface area contributed by atoms with E-state index in [0.29, 0.717) is 23.8 Å². The summed E-state index contributed by atoms with van der Waals surface area (Å²) in [6.07, 6.45) is 4.84. The van der Waals surface area contributed by atoms with Crippen LogP contribution in [0.1, 0.15) is 27.9 Å². The highest BCUT2D eigenvalue weighted by Crippen LogP contribution is 2.27. The lowest BCUT2D eigenvalue weighted by Crippen LogP contribution is -2.25. The molecule has 0 atom stereocenters. The van der Waals surface area contributed by atoms with Gasteiger partial charge in [0.2, 0.25) is 5.95 Å². The zero-order valence-electron chi connectivity index (χ0n) is 16.1. The number of anilines is 2. The van der Waals surface area contributed by atoms with Gasteiger partial charge in [0.05, 0.1) is 18.4 Å². The lowest BCUT2D eigenvalue weighted by atomic mass is 10.1. The topological polar surface area (TPSA) is 76.1 Å². The van der Waals surface area contributed by atoms with Gasteiger partial charge in [-0.25, -0.2) is 9.97 Å². The van der Waals surface area contributed by atoms with Crippen molar-refractivity contribution in [3.8, 4) is 5.75 Å². The van der Waals surface area contributed by atoms with Gasteiger partial charge in [-0.3, -0.25) is 4.79 Å². The molecule has 1 heterocycles. The second-order valence-electron chi connectivity index (χ2n) is 6.47. The van der Waals surface area contributed by atoms with E-state index in [2.05, 4.69) is 32.7 Å². The predicted octanol–water partition coefficient (Wildman–Crippen LogP) is 3.90. The molecule has 1 aromatic heterocycles. The van der Waals surface area contributed by atoms with Crippen LogP contribution in [0.3, 0.4) is 0 Å². The van der Waals surface area contributed by atoms with Crippen LogP contribution in [0.2, 0.25) is 0 Å². The fourth-order valence-electron chi connectivity index (χ4n) is 2.79. The molecule has 0 saturated carbocycles. The molecule has 0 aliphatic heterocycles. The van der Waals surface area contributed by atoms with Crippen molar-refractivity contribution in [2.75, 3.05) is 19.0 Å². The summed E-state index contributed by atoms with van der Waals surface area (Å²) in [6.45, 7) is 2.60.